The van der Waals surface area contributed by atoms with Crippen LogP contribution in [0.5, 0.6) is 23.0 Å². The van der Waals surface area contributed by atoms with Crippen LogP contribution in [-0.4, -0.2) is 26.3 Å². The Morgan fingerprint density at radius 1 is 0.656 bits per heavy atom. The summed E-state index contributed by atoms with van der Waals surface area (Å²) in [5.41, 5.74) is 2.35. The largest absolute Gasteiger partial charge is 0.494 e. The van der Waals surface area contributed by atoms with Crippen molar-refractivity contribution in [2.75, 3.05) is 20.3 Å². The molecule has 0 saturated heterocycles. The molecule has 0 bridgehead atoms. The molecular weight excluding hydrogens is 408 g/mol. The number of esters is 1. The molecule has 0 unspecified atom stereocenters. The maximum Gasteiger partial charge on any atom is 0.337 e. The van der Waals surface area contributed by atoms with E-state index in [4.69, 9.17) is 23.7 Å². The predicted molar refractivity (Wildman–Crippen MR) is 122 cm³/mol. The van der Waals surface area contributed by atoms with Crippen molar-refractivity contribution < 1.29 is 28.5 Å². The van der Waals surface area contributed by atoms with Crippen molar-refractivity contribution in [3.63, 3.8) is 0 Å². The van der Waals surface area contributed by atoms with E-state index >= 15 is 0 Å². The molecule has 0 aliphatic rings. The van der Waals surface area contributed by atoms with Gasteiger partial charge in [-0.1, -0.05) is 24.3 Å². The lowest BCUT2D eigenvalue weighted by Crippen LogP contribution is -2.05. The van der Waals surface area contributed by atoms with Gasteiger partial charge in [-0.25, -0.2) is 4.79 Å². The van der Waals surface area contributed by atoms with Gasteiger partial charge >= 0.3 is 5.97 Å². The van der Waals surface area contributed by atoms with Gasteiger partial charge in [0, 0.05) is 0 Å². The van der Waals surface area contributed by atoms with Crippen LogP contribution < -0.4 is 18.9 Å². The molecule has 168 valence electrons. The SMILES string of the molecule is CCOc1ccc(COc2ccc(C(=O)OC)cc2OCc2ccc(OCC)cc2)cc1. The fraction of sp³-hybridized carbons (Fsp3) is 0.269. The molecule has 3 aromatic rings. The molecule has 3 aromatic carbocycles. The molecule has 3 rings (SSSR count). The number of carbonyl (C=O) groups is 1. The summed E-state index contributed by atoms with van der Waals surface area (Å²) in [5, 5.41) is 0. The standard InChI is InChI=1S/C26H28O6/c1-4-29-22-11-6-19(7-12-22)17-31-24-15-10-21(26(27)28-3)16-25(24)32-18-20-8-13-23(14-9-20)30-5-2/h6-16H,4-5,17-18H2,1-3H3. The van der Waals surface area contributed by atoms with E-state index in [1.54, 1.807) is 18.2 Å². The minimum atomic E-state index is -0.436. The van der Waals surface area contributed by atoms with Gasteiger partial charge in [-0.05, 0) is 67.4 Å². The van der Waals surface area contributed by atoms with E-state index in [1.165, 1.54) is 7.11 Å². The van der Waals surface area contributed by atoms with Gasteiger partial charge in [-0.15, -0.1) is 0 Å². The Bertz CT molecular complexity index is 996. The summed E-state index contributed by atoms with van der Waals surface area (Å²) in [5.74, 6) is 2.19. The lowest BCUT2D eigenvalue weighted by molar-refractivity contribution is 0.0600. The van der Waals surface area contributed by atoms with Crippen molar-refractivity contribution in [1.29, 1.82) is 0 Å². The Hall–Kier alpha value is -3.67. The molecule has 0 fully saturated rings. The highest BCUT2D eigenvalue weighted by molar-refractivity contribution is 5.90. The first-order valence-corrected chi connectivity index (χ1v) is 10.5. The van der Waals surface area contributed by atoms with Gasteiger partial charge in [0.25, 0.3) is 0 Å². The smallest absolute Gasteiger partial charge is 0.337 e. The minimum absolute atomic E-state index is 0.316. The quantitative estimate of drug-likeness (QED) is 0.374. The topological polar surface area (TPSA) is 63.2 Å². The molecule has 0 atom stereocenters. The van der Waals surface area contributed by atoms with Gasteiger partial charge in [-0.3, -0.25) is 0 Å². The number of ether oxygens (including phenoxy) is 5. The Kier molecular flexibility index (Phi) is 8.37. The molecule has 6 nitrogen and oxygen atoms in total. The van der Waals surface area contributed by atoms with Crippen LogP contribution in [0.15, 0.2) is 66.7 Å². The summed E-state index contributed by atoms with van der Waals surface area (Å²) in [7, 11) is 1.35. The number of carbonyl (C=O) groups excluding carboxylic acids is 1. The minimum Gasteiger partial charge on any atom is -0.494 e. The summed E-state index contributed by atoms with van der Waals surface area (Å²) < 4.78 is 27.8. The van der Waals surface area contributed by atoms with E-state index in [0.717, 1.165) is 22.6 Å². The third-order valence-electron chi connectivity index (χ3n) is 4.62. The van der Waals surface area contributed by atoms with Crippen molar-refractivity contribution in [3.8, 4) is 23.0 Å². The zero-order valence-corrected chi connectivity index (χ0v) is 18.6. The molecule has 0 aliphatic heterocycles. The Morgan fingerprint density at radius 3 is 1.62 bits per heavy atom. The van der Waals surface area contributed by atoms with Crippen molar-refractivity contribution in [2.24, 2.45) is 0 Å². The molecular formula is C26H28O6. The molecule has 6 heteroatoms. The van der Waals surface area contributed by atoms with Gasteiger partial charge in [0.1, 0.15) is 24.7 Å². The molecule has 0 spiro atoms. The lowest BCUT2D eigenvalue weighted by Gasteiger charge is -2.14. The average Bonchev–Trinajstić information content (AvgIpc) is 2.83. The van der Waals surface area contributed by atoms with Gasteiger partial charge in [-0.2, -0.15) is 0 Å². The maximum absolute atomic E-state index is 12.0. The zero-order chi connectivity index (χ0) is 22.8. The van der Waals surface area contributed by atoms with Crippen LogP contribution in [0.4, 0.5) is 0 Å². The Labute approximate surface area is 188 Å². The second-order valence-electron chi connectivity index (χ2n) is 6.88. The zero-order valence-electron chi connectivity index (χ0n) is 18.6. The lowest BCUT2D eigenvalue weighted by atomic mass is 10.2. The molecule has 0 heterocycles. The fourth-order valence-corrected chi connectivity index (χ4v) is 3.00. The third-order valence-corrected chi connectivity index (χ3v) is 4.62. The maximum atomic E-state index is 12.0. The first kappa shape index (κ1) is 23.0. The van der Waals surface area contributed by atoms with Gasteiger partial charge in [0.05, 0.1) is 25.9 Å². The van der Waals surface area contributed by atoms with Crippen molar-refractivity contribution >= 4 is 5.97 Å². The molecule has 0 aliphatic carbocycles. The predicted octanol–water partition coefficient (Wildman–Crippen LogP) is 5.43. The first-order chi connectivity index (χ1) is 15.6. The van der Waals surface area contributed by atoms with Crippen LogP contribution >= 0.6 is 0 Å². The van der Waals surface area contributed by atoms with Crippen LogP contribution in [0.1, 0.15) is 35.3 Å². The Morgan fingerprint density at radius 2 is 1.16 bits per heavy atom. The van der Waals surface area contributed by atoms with Crippen LogP contribution in [0, 0.1) is 0 Å². The van der Waals surface area contributed by atoms with E-state index in [1.807, 2.05) is 62.4 Å². The second-order valence-corrected chi connectivity index (χ2v) is 6.88. The molecule has 0 saturated carbocycles. The molecule has 0 radical (unpaired) electrons. The van der Waals surface area contributed by atoms with E-state index in [0.29, 0.717) is 43.5 Å². The van der Waals surface area contributed by atoms with Crippen LogP contribution in [0.25, 0.3) is 0 Å². The molecule has 0 amide bonds. The normalized spacial score (nSPS) is 10.3. The van der Waals surface area contributed by atoms with Gasteiger partial charge in [0.2, 0.25) is 0 Å². The average molecular weight is 437 g/mol. The van der Waals surface area contributed by atoms with Crippen LogP contribution in [-0.2, 0) is 18.0 Å². The number of hydrogen-bond donors (Lipinski definition) is 0. The third kappa shape index (κ3) is 6.41. The second kappa shape index (κ2) is 11.6. The van der Waals surface area contributed by atoms with Crippen molar-refractivity contribution in [3.05, 3.63) is 83.4 Å². The molecule has 0 aromatic heterocycles. The number of methoxy groups -OCH3 is 1. The summed E-state index contributed by atoms with van der Waals surface area (Å²) in [6.07, 6.45) is 0. The van der Waals surface area contributed by atoms with E-state index in [9.17, 15) is 4.79 Å². The first-order valence-electron chi connectivity index (χ1n) is 10.5. The summed E-state index contributed by atoms with van der Waals surface area (Å²) >= 11 is 0. The number of benzene rings is 3. The highest BCUT2D eigenvalue weighted by Crippen LogP contribution is 2.31. The van der Waals surface area contributed by atoms with E-state index in [2.05, 4.69) is 0 Å². The van der Waals surface area contributed by atoms with Crippen LogP contribution in [0.2, 0.25) is 0 Å². The van der Waals surface area contributed by atoms with Gasteiger partial charge < -0.3 is 23.7 Å². The molecule has 32 heavy (non-hydrogen) atoms. The van der Waals surface area contributed by atoms with Crippen molar-refractivity contribution in [1.82, 2.24) is 0 Å². The number of rotatable bonds is 11. The highest BCUT2D eigenvalue weighted by atomic mass is 16.5. The summed E-state index contributed by atoms with van der Waals surface area (Å²) in [6, 6.07) is 20.4. The number of hydrogen-bond acceptors (Lipinski definition) is 6. The van der Waals surface area contributed by atoms with E-state index in [-0.39, 0.29) is 0 Å². The van der Waals surface area contributed by atoms with Crippen molar-refractivity contribution in [2.45, 2.75) is 27.1 Å². The fourth-order valence-electron chi connectivity index (χ4n) is 3.00. The Balaban J connectivity index is 1.72. The highest BCUT2D eigenvalue weighted by Gasteiger charge is 2.13. The summed E-state index contributed by atoms with van der Waals surface area (Å²) in [6.45, 7) is 5.80. The monoisotopic (exact) mass is 436 g/mol. The van der Waals surface area contributed by atoms with Gasteiger partial charge in [0.15, 0.2) is 11.5 Å². The van der Waals surface area contributed by atoms with E-state index < -0.39 is 5.97 Å². The summed E-state index contributed by atoms with van der Waals surface area (Å²) in [4.78, 5) is 12.0. The van der Waals surface area contributed by atoms with Crippen LogP contribution in [0.3, 0.4) is 0 Å². The molecule has 0 N–H and O–H groups in total.